The van der Waals surface area contributed by atoms with E-state index >= 15 is 0 Å². The molecule has 1 amide bonds. The molecule has 2 rings (SSSR count). The third-order valence-electron chi connectivity index (χ3n) is 4.67. The van der Waals surface area contributed by atoms with Gasteiger partial charge in [0, 0.05) is 6.04 Å². The number of alkyl carbamates (subject to hydrolysis) is 1. The van der Waals surface area contributed by atoms with E-state index in [-0.39, 0.29) is 19.6 Å². The molecule has 31 heavy (non-hydrogen) atoms. The lowest BCUT2D eigenvalue weighted by Crippen LogP contribution is -2.42. The van der Waals surface area contributed by atoms with Crippen molar-refractivity contribution in [3.05, 3.63) is 60.2 Å². The lowest BCUT2D eigenvalue weighted by atomic mass is 9.94. The van der Waals surface area contributed by atoms with E-state index in [9.17, 15) is 14.7 Å². The Morgan fingerprint density at radius 2 is 1.61 bits per heavy atom. The van der Waals surface area contributed by atoms with Gasteiger partial charge in [0.1, 0.15) is 5.60 Å². The zero-order chi connectivity index (χ0) is 22.9. The van der Waals surface area contributed by atoms with E-state index in [0.29, 0.717) is 6.42 Å². The first-order valence-corrected chi connectivity index (χ1v) is 10.6. The van der Waals surface area contributed by atoms with Crippen molar-refractivity contribution in [2.45, 2.75) is 52.2 Å². The zero-order valence-corrected chi connectivity index (χ0v) is 18.8. The minimum atomic E-state index is -0.719. The monoisotopic (exact) mass is 427 g/mol. The fourth-order valence-electron chi connectivity index (χ4n) is 3.26. The van der Waals surface area contributed by atoms with Crippen LogP contribution in [0.3, 0.4) is 0 Å². The first kappa shape index (κ1) is 24.4. The summed E-state index contributed by atoms with van der Waals surface area (Å²) in [7, 11) is 0. The van der Waals surface area contributed by atoms with Gasteiger partial charge in [-0.05, 0) is 57.2 Å². The summed E-state index contributed by atoms with van der Waals surface area (Å²) in [6, 6.07) is 17.7. The van der Waals surface area contributed by atoms with Crippen LogP contribution in [-0.4, -0.2) is 42.0 Å². The van der Waals surface area contributed by atoms with Crippen LogP contribution in [0, 0.1) is 5.92 Å². The van der Waals surface area contributed by atoms with Gasteiger partial charge in [-0.2, -0.15) is 0 Å². The number of carbonyl (C=O) groups is 2. The summed E-state index contributed by atoms with van der Waals surface area (Å²) in [5.74, 6) is -1.19. The summed E-state index contributed by atoms with van der Waals surface area (Å²) in [5, 5.41) is 12.5. The Bertz CT molecular complexity index is 827. The second-order valence-electron chi connectivity index (χ2n) is 8.48. The van der Waals surface area contributed by atoms with Gasteiger partial charge < -0.3 is 19.9 Å². The average molecular weight is 428 g/mol. The molecule has 0 radical (unpaired) electrons. The molecule has 0 aliphatic heterocycles. The van der Waals surface area contributed by atoms with Gasteiger partial charge in [-0.15, -0.1) is 0 Å². The molecule has 0 spiro atoms. The molecule has 0 aliphatic rings. The van der Waals surface area contributed by atoms with E-state index < -0.39 is 29.6 Å². The third kappa shape index (κ3) is 8.42. The molecule has 2 N–H and O–H groups in total. The number of carbonyl (C=O) groups excluding carboxylic acids is 2. The minimum absolute atomic E-state index is 0.237. The van der Waals surface area contributed by atoms with Crippen molar-refractivity contribution in [3.63, 3.8) is 0 Å². The summed E-state index contributed by atoms with van der Waals surface area (Å²) in [5.41, 5.74) is 2.59. The third-order valence-corrected chi connectivity index (χ3v) is 4.67. The summed E-state index contributed by atoms with van der Waals surface area (Å²) >= 11 is 0. The van der Waals surface area contributed by atoms with E-state index in [1.165, 1.54) is 0 Å². The molecule has 0 bridgehead atoms. The molecule has 0 heterocycles. The largest absolute Gasteiger partial charge is 0.466 e. The number of aliphatic hydroxyl groups excluding tert-OH is 1. The Labute approximate surface area is 184 Å². The summed E-state index contributed by atoms with van der Waals surface area (Å²) in [6.45, 7) is 6.98. The van der Waals surface area contributed by atoms with Crippen LogP contribution >= 0.6 is 0 Å². The van der Waals surface area contributed by atoms with Crippen LogP contribution < -0.4 is 5.32 Å². The predicted octanol–water partition coefficient (Wildman–Crippen LogP) is 4.35. The van der Waals surface area contributed by atoms with E-state index in [4.69, 9.17) is 9.47 Å². The highest BCUT2D eigenvalue weighted by Crippen LogP contribution is 2.21. The van der Waals surface area contributed by atoms with Gasteiger partial charge in [-0.25, -0.2) is 4.79 Å². The fourth-order valence-corrected chi connectivity index (χ4v) is 3.26. The molecule has 6 heteroatoms. The number of aliphatic hydroxyl groups is 1. The number of rotatable bonds is 9. The maximum absolute atomic E-state index is 12.4. The molecule has 0 fully saturated rings. The predicted molar refractivity (Wildman–Crippen MR) is 121 cm³/mol. The Balaban J connectivity index is 2.14. The Morgan fingerprint density at radius 3 is 2.16 bits per heavy atom. The van der Waals surface area contributed by atoms with Crippen LogP contribution in [0.25, 0.3) is 11.1 Å². The second kappa shape index (κ2) is 11.5. The molecule has 0 saturated carbocycles. The van der Waals surface area contributed by atoms with Gasteiger partial charge in [0.05, 0.1) is 19.1 Å². The van der Waals surface area contributed by atoms with Crippen molar-refractivity contribution in [2.24, 2.45) is 5.92 Å². The lowest BCUT2D eigenvalue weighted by molar-refractivity contribution is -0.149. The van der Waals surface area contributed by atoms with Crippen LogP contribution in [0.1, 0.15) is 39.7 Å². The van der Waals surface area contributed by atoms with Crippen molar-refractivity contribution >= 4 is 12.1 Å². The standard InChI is InChI=1S/C25H33NO5/c1-5-30-23(28)21(17-27)16-22(26-24(29)31-25(2,3)4)15-18-11-13-20(14-12-18)19-9-7-6-8-10-19/h6-14,21-22,27H,5,15-17H2,1-4H3,(H,26,29). The number of hydrogen-bond acceptors (Lipinski definition) is 5. The molecule has 2 atom stereocenters. The highest BCUT2D eigenvalue weighted by molar-refractivity contribution is 5.73. The lowest BCUT2D eigenvalue weighted by Gasteiger charge is -2.25. The number of benzene rings is 2. The van der Waals surface area contributed by atoms with Crippen LogP contribution in [0.4, 0.5) is 4.79 Å². The van der Waals surface area contributed by atoms with Gasteiger partial charge >= 0.3 is 12.1 Å². The van der Waals surface area contributed by atoms with Gasteiger partial charge in [-0.3, -0.25) is 4.79 Å². The molecular formula is C25H33NO5. The molecule has 6 nitrogen and oxygen atoms in total. The zero-order valence-electron chi connectivity index (χ0n) is 18.8. The number of esters is 1. The van der Waals surface area contributed by atoms with Crippen LogP contribution in [0.2, 0.25) is 0 Å². The topological polar surface area (TPSA) is 84.9 Å². The Morgan fingerprint density at radius 1 is 1.00 bits per heavy atom. The number of nitrogens with one attached hydrogen (secondary N) is 1. The highest BCUT2D eigenvalue weighted by Gasteiger charge is 2.26. The number of amides is 1. The van der Waals surface area contributed by atoms with Gasteiger partial charge in [0.15, 0.2) is 0 Å². The SMILES string of the molecule is CCOC(=O)C(CO)CC(Cc1ccc(-c2ccccc2)cc1)NC(=O)OC(C)(C)C. The number of ether oxygens (including phenoxy) is 2. The van der Waals surface area contributed by atoms with Crippen molar-refractivity contribution in [2.75, 3.05) is 13.2 Å². The quantitative estimate of drug-likeness (QED) is 0.581. The summed E-state index contributed by atoms with van der Waals surface area (Å²) in [6.07, 6.45) is 0.179. The summed E-state index contributed by atoms with van der Waals surface area (Å²) in [4.78, 5) is 24.5. The van der Waals surface area contributed by atoms with Crippen LogP contribution in [0.5, 0.6) is 0 Å². The maximum atomic E-state index is 12.4. The minimum Gasteiger partial charge on any atom is -0.466 e. The van der Waals surface area contributed by atoms with Gasteiger partial charge in [0.25, 0.3) is 0 Å². The van der Waals surface area contributed by atoms with Crippen LogP contribution in [0.15, 0.2) is 54.6 Å². The normalized spacial score (nSPS) is 13.2. The fraction of sp³-hybridized carbons (Fsp3) is 0.440. The maximum Gasteiger partial charge on any atom is 0.407 e. The number of hydrogen-bond donors (Lipinski definition) is 2. The van der Waals surface area contributed by atoms with Crippen LogP contribution in [-0.2, 0) is 20.7 Å². The van der Waals surface area contributed by atoms with Crippen molar-refractivity contribution < 1.29 is 24.2 Å². The van der Waals surface area contributed by atoms with E-state index in [1.54, 1.807) is 27.7 Å². The highest BCUT2D eigenvalue weighted by atomic mass is 16.6. The van der Waals surface area contributed by atoms with Crippen molar-refractivity contribution in [1.29, 1.82) is 0 Å². The molecule has 2 aromatic carbocycles. The summed E-state index contributed by atoms with van der Waals surface area (Å²) < 4.78 is 10.4. The van der Waals surface area contributed by atoms with E-state index in [1.807, 2.05) is 54.6 Å². The molecule has 168 valence electrons. The molecular weight excluding hydrogens is 394 g/mol. The van der Waals surface area contributed by atoms with Crippen molar-refractivity contribution in [3.8, 4) is 11.1 Å². The average Bonchev–Trinajstić information content (AvgIpc) is 2.71. The molecule has 0 saturated heterocycles. The van der Waals surface area contributed by atoms with E-state index in [2.05, 4.69) is 5.32 Å². The first-order chi connectivity index (χ1) is 14.7. The molecule has 2 unspecified atom stereocenters. The Hall–Kier alpha value is -2.86. The molecule has 2 aromatic rings. The van der Waals surface area contributed by atoms with Gasteiger partial charge in [-0.1, -0.05) is 54.6 Å². The van der Waals surface area contributed by atoms with Crippen molar-refractivity contribution in [1.82, 2.24) is 5.32 Å². The first-order valence-electron chi connectivity index (χ1n) is 10.6. The Kier molecular flexibility index (Phi) is 9.06. The van der Waals surface area contributed by atoms with Gasteiger partial charge in [0.2, 0.25) is 0 Å². The smallest absolute Gasteiger partial charge is 0.407 e. The molecule has 0 aliphatic carbocycles. The molecule has 0 aromatic heterocycles. The van der Waals surface area contributed by atoms with E-state index in [0.717, 1.165) is 16.7 Å². The second-order valence-corrected chi connectivity index (χ2v) is 8.48.